The number of nitrogens with one attached hydrogen (secondary N) is 1. The number of benzene rings is 1. The van der Waals surface area contributed by atoms with Crippen LogP contribution >= 0.6 is 15.9 Å². The fraction of sp³-hybridized carbons (Fsp3) is 0.0667. The molecule has 0 spiro atoms. The summed E-state index contributed by atoms with van der Waals surface area (Å²) in [6, 6.07) is 11.7. The van der Waals surface area contributed by atoms with Crippen molar-refractivity contribution in [3.05, 3.63) is 53.4 Å². The zero-order valence-corrected chi connectivity index (χ0v) is 12.9. The van der Waals surface area contributed by atoms with E-state index in [1.165, 1.54) is 6.33 Å². The highest BCUT2D eigenvalue weighted by molar-refractivity contribution is 9.10. The number of aromatic nitrogens is 4. The van der Waals surface area contributed by atoms with Gasteiger partial charge in [0.2, 0.25) is 0 Å². The van der Waals surface area contributed by atoms with Crippen LogP contribution in [0.15, 0.2) is 53.4 Å². The Balaban J connectivity index is 2.21. The average Bonchev–Trinajstić information content (AvgIpc) is 2.56. The molecule has 0 saturated carbocycles. The quantitative estimate of drug-likeness (QED) is 0.790. The molecule has 104 valence electrons. The third-order valence-corrected chi connectivity index (χ3v) is 3.70. The van der Waals surface area contributed by atoms with Gasteiger partial charge in [0.1, 0.15) is 17.8 Å². The molecule has 0 unspecified atom stereocenters. The third-order valence-electron chi connectivity index (χ3n) is 2.95. The predicted octanol–water partition coefficient (Wildman–Crippen LogP) is 3.40. The topological polar surface area (TPSA) is 63.6 Å². The zero-order chi connectivity index (χ0) is 14.7. The van der Waals surface area contributed by atoms with E-state index in [2.05, 4.69) is 41.2 Å². The van der Waals surface area contributed by atoms with Gasteiger partial charge in [0.15, 0.2) is 5.82 Å². The Hall–Kier alpha value is -2.34. The van der Waals surface area contributed by atoms with Gasteiger partial charge >= 0.3 is 0 Å². The minimum atomic E-state index is 0.559. The van der Waals surface area contributed by atoms with E-state index in [9.17, 15) is 0 Å². The molecule has 2 aromatic heterocycles. The van der Waals surface area contributed by atoms with Gasteiger partial charge in [-0.1, -0.05) is 30.3 Å². The molecule has 3 aromatic rings. The highest BCUT2D eigenvalue weighted by atomic mass is 79.9. The van der Waals surface area contributed by atoms with Crippen LogP contribution in [0.5, 0.6) is 0 Å². The number of rotatable bonds is 3. The molecule has 1 N–H and O–H groups in total. The predicted molar refractivity (Wildman–Crippen MR) is 85.7 cm³/mol. The highest BCUT2D eigenvalue weighted by Gasteiger charge is 2.14. The van der Waals surface area contributed by atoms with E-state index in [0.717, 1.165) is 21.5 Å². The van der Waals surface area contributed by atoms with Crippen LogP contribution in [-0.4, -0.2) is 27.0 Å². The van der Waals surface area contributed by atoms with Gasteiger partial charge in [-0.05, 0) is 22.0 Å². The lowest BCUT2D eigenvalue weighted by Gasteiger charge is -2.11. The fourth-order valence-electron chi connectivity index (χ4n) is 1.94. The Morgan fingerprint density at radius 3 is 2.52 bits per heavy atom. The molecule has 0 saturated heterocycles. The van der Waals surface area contributed by atoms with Crippen molar-refractivity contribution in [2.75, 3.05) is 12.4 Å². The molecule has 0 bridgehead atoms. The number of halogens is 1. The summed E-state index contributed by atoms with van der Waals surface area (Å²) in [5.74, 6) is 1.28. The Kier molecular flexibility index (Phi) is 3.87. The molecule has 0 amide bonds. The first-order valence-corrected chi connectivity index (χ1v) is 7.16. The molecule has 0 aliphatic carbocycles. The van der Waals surface area contributed by atoms with Crippen LogP contribution in [0, 0.1) is 0 Å². The van der Waals surface area contributed by atoms with E-state index in [1.807, 2.05) is 37.4 Å². The van der Waals surface area contributed by atoms with E-state index in [4.69, 9.17) is 0 Å². The normalized spacial score (nSPS) is 10.4. The number of anilines is 1. The zero-order valence-electron chi connectivity index (χ0n) is 11.3. The summed E-state index contributed by atoms with van der Waals surface area (Å²) in [6.07, 6.45) is 3.16. The Bertz CT molecular complexity index is 747. The van der Waals surface area contributed by atoms with Gasteiger partial charge in [0, 0.05) is 18.8 Å². The SMILES string of the molecule is CNc1nc(-c2ccncn2)nc(-c2ccccc2)c1Br. The lowest BCUT2D eigenvalue weighted by Crippen LogP contribution is -2.02. The molecule has 6 heteroatoms. The second-order valence-electron chi connectivity index (χ2n) is 4.27. The first kappa shape index (κ1) is 13.6. The maximum atomic E-state index is 4.63. The minimum absolute atomic E-state index is 0.559. The average molecular weight is 342 g/mol. The van der Waals surface area contributed by atoms with Crippen LogP contribution in [0.25, 0.3) is 22.8 Å². The third kappa shape index (κ3) is 2.75. The molecule has 0 aliphatic rings. The summed E-state index contributed by atoms with van der Waals surface area (Å²) in [7, 11) is 1.83. The van der Waals surface area contributed by atoms with Gasteiger partial charge in [-0.25, -0.2) is 19.9 Å². The van der Waals surface area contributed by atoms with Crippen molar-refractivity contribution in [2.24, 2.45) is 0 Å². The van der Waals surface area contributed by atoms with E-state index in [-0.39, 0.29) is 0 Å². The second kappa shape index (κ2) is 5.97. The maximum absolute atomic E-state index is 4.63. The van der Waals surface area contributed by atoms with Gasteiger partial charge < -0.3 is 5.32 Å². The number of hydrogen-bond acceptors (Lipinski definition) is 5. The van der Waals surface area contributed by atoms with Crippen LogP contribution in [0.2, 0.25) is 0 Å². The van der Waals surface area contributed by atoms with Crippen LogP contribution in [0.3, 0.4) is 0 Å². The highest BCUT2D eigenvalue weighted by Crippen LogP contribution is 2.32. The van der Waals surface area contributed by atoms with Gasteiger partial charge in [0.25, 0.3) is 0 Å². The standard InChI is InChI=1S/C15H12BrN5/c1-17-15-12(16)13(10-5-3-2-4-6-10)20-14(21-15)11-7-8-18-9-19-11/h2-9H,1H3,(H,17,20,21). The molecule has 0 atom stereocenters. The monoisotopic (exact) mass is 341 g/mol. The molecule has 0 fully saturated rings. The molecule has 0 radical (unpaired) electrons. The molecule has 1 aromatic carbocycles. The summed E-state index contributed by atoms with van der Waals surface area (Å²) in [5, 5.41) is 3.07. The molecular formula is C15H12BrN5. The molecule has 0 aliphatic heterocycles. The van der Waals surface area contributed by atoms with Crippen LogP contribution < -0.4 is 5.32 Å². The van der Waals surface area contributed by atoms with Crippen LogP contribution in [0.1, 0.15) is 0 Å². The molecule has 5 nitrogen and oxygen atoms in total. The lowest BCUT2D eigenvalue weighted by atomic mass is 10.1. The summed E-state index contributed by atoms with van der Waals surface area (Å²) < 4.78 is 0.828. The van der Waals surface area contributed by atoms with Crippen molar-refractivity contribution >= 4 is 21.7 Å². The summed E-state index contributed by atoms with van der Waals surface area (Å²) in [4.78, 5) is 17.3. The maximum Gasteiger partial charge on any atom is 0.180 e. The largest absolute Gasteiger partial charge is 0.372 e. The number of hydrogen-bond donors (Lipinski definition) is 1. The van der Waals surface area contributed by atoms with Crippen molar-refractivity contribution in [2.45, 2.75) is 0 Å². The first-order valence-electron chi connectivity index (χ1n) is 6.36. The van der Waals surface area contributed by atoms with Gasteiger partial charge in [-0.15, -0.1) is 0 Å². The van der Waals surface area contributed by atoms with Crippen LogP contribution in [0.4, 0.5) is 5.82 Å². The van der Waals surface area contributed by atoms with Gasteiger partial charge in [-0.2, -0.15) is 0 Å². The summed E-state index contributed by atoms with van der Waals surface area (Å²) >= 11 is 3.56. The van der Waals surface area contributed by atoms with Gasteiger partial charge in [0.05, 0.1) is 10.2 Å². The van der Waals surface area contributed by atoms with Crippen molar-refractivity contribution < 1.29 is 0 Å². The van der Waals surface area contributed by atoms with Gasteiger partial charge in [-0.3, -0.25) is 0 Å². The Labute approximate surface area is 130 Å². The van der Waals surface area contributed by atoms with Crippen molar-refractivity contribution in [3.63, 3.8) is 0 Å². The summed E-state index contributed by atoms with van der Waals surface area (Å²) in [5.41, 5.74) is 2.52. The smallest absolute Gasteiger partial charge is 0.180 e. The van der Waals surface area contributed by atoms with Crippen LogP contribution in [-0.2, 0) is 0 Å². The summed E-state index contributed by atoms with van der Waals surface area (Å²) in [6.45, 7) is 0. The lowest BCUT2D eigenvalue weighted by molar-refractivity contribution is 1.10. The van der Waals surface area contributed by atoms with Crippen molar-refractivity contribution in [1.29, 1.82) is 0 Å². The Morgan fingerprint density at radius 1 is 1.05 bits per heavy atom. The Morgan fingerprint density at radius 2 is 1.86 bits per heavy atom. The molecule has 21 heavy (non-hydrogen) atoms. The van der Waals surface area contributed by atoms with E-state index < -0.39 is 0 Å². The fourth-order valence-corrected chi connectivity index (χ4v) is 2.54. The van der Waals surface area contributed by atoms with E-state index in [0.29, 0.717) is 11.5 Å². The molecule has 3 rings (SSSR count). The molecule has 2 heterocycles. The number of nitrogens with zero attached hydrogens (tertiary/aromatic N) is 4. The van der Waals surface area contributed by atoms with Crippen molar-refractivity contribution in [3.8, 4) is 22.8 Å². The van der Waals surface area contributed by atoms with E-state index >= 15 is 0 Å². The second-order valence-corrected chi connectivity index (χ2v) is 5.06. The molecular weight excluding hydrogens is 330 g/mol. The van der Waals surface area contributed by atoms with E-state index in [1.54, 1.807) is 12.3 Å². The first-order chi connectivity index (χ1) is 10.3. The minimum Gasteiger partial charge on any atom is -0.372 e. The van der Waals surface area contributed by atoms with Crippen molar-refractivity contribution in [1.82, 2.24) is 19.9 Å².